The van der Waals surface area contributed by atoms with Gasteiger partial charge in [-0.3, -0.25) is 9.59 Å². The summed E-state index contributed by atoms with van der Waals surface area (Å²) in [5, 5.41) is 9.76. The van der Waals surface area contributed by atoms with E-state index in [1.165, 1.54) is 25.7 Å². The van der Waals surface area contributed by atoms with Crippen LogP contribution in [0.1, 0.15) is 84.6 Å². The lowest BCUT2D eigenvalue weighted by Crippen LogP contribution is -2.42. The molecule has 0 heterocycles. The minimum atomic E-state index is -1.50. The standard InChI is InChI=1S/C24H38O5/c1-5-8-9-10-11-18-28-21-14-12-20(13-15-21)16-17-24(7-3,22(25)26)23(27)29-19(4)6-2/h12-15,19H,5-11,16-18H2,1-4H3,(H,25,26). The van der Waals surface area contributed by atoms with Gasteiger partial charge in [0.2, 0.25) is 0 Å². The maximum absolute atomic E-state index is 12.6. The highest BCUT2D eigenvalue weighted by molar-refractivity contribution is 5.99. The van der Waals surface area contributed by atoms with E-state index in [2.05, 4.69) is 6.92 Å². The average Bonchev–Trinajstić information content (AvgIpc) is 2.72. The first kappa shape index (κ1) is 25.0. The lowest BCUT2D eigenvalue weighted by molar-refractivity contribution is -0.173. The SMILES string of the molecule is CCCCCCCOc1ccc(CCC(CC)(C(=O)O)C(=O)OC(C)CC)cc1. The van der Waals surface area contributed by atoms with Crippen LogP contribution in [0.25, 0.3) is 0 Å². The number of hydrogen-bond acceptors (Lipinski definition) is 4. The summed E-state index contributed by atoms with van der Waals surface area (Å²) in [5.41, 5.74) is -0.521. The van der Waals surface area contributed by atoms with Crippen molar-refractivity contribution in [3.05, 3.63) is 29.8 Å². The summed E-state index contributed by atoms with van der Waals surface area (Å²) < 4.78 is 11.1. The van der Waals surface area contributed by atoms with Crippen LogP contribution in [0.5, 0.6) is 5.75 Å². The molecule has 0 radical (unpaired) electrons. The van der Waals surface area contributed by atoms with Gasteiger partial charge in [-0.1, -0.05) is 58.6 Å². The number of carboxylic acid groups (broad SMARTS) is 1. The number of esters is 1. The van der Waals surface area contributed by atoms with Crippen LogP contribution < -0.4 is 4.74 Å². The molecule has 5 nitrogen and oxygen atoms in total. The predicted molar refractivity (Wildman–Crippen MR) is 115 cm³/mol. The Morgan fingerprint density at radius 3 is 2.24 bits per heavy atom. The third-order valence-corrected chi connectivity index (χ3v) is 5.57. The Morgan fingerprint density at radius 1 is 1.03 bits per heavy atom. The van der Waals surface area contributed by atoms with Crippen molar-refractivity contribution in [1.82, 2.24) is 0 Å². The monoisotopic (exact) mass is 406 g/mol. The highest BCUT2D eigenvalue weighted by Gasteiger charge is 2.46. The van der Waals surface area contributed by atoms with E-state index in [1.807, 2.05) is 31.2 Å². The van der Waals surface area contributed by atoms with Crippen LogP contribution in [0.2, 0.25) is 0 Å². The van der Waals surface area contributed by atoms with Gasteiger partial charge in [-0.05, 0) is 56.7 Å². The maximum Gasteiger partial charge on any atom is 0.323 e. The summed E-state index contributed by atoms with van der Waals surface area (Å²) >= 11 is 0. The number of rotatable bonds is 15. The van der Waals surface area contributed by atoms with Crippen LogP contribution in [-0.2, 0) is 20.7 Å². The smallest absolute Gasteiger partial charge is 0.323 e. The van der Waals surface area contributed by atoms with E-state index < -0.39 is 17.4 Å². The predicted octanol–water partition coefficient (Wildman–Crippen LogP) is 5.79. The fraction of sp³-hybridized carbons (Fsp3) is 0.667. The average molecular weight is 407 g/mol. The number of benzene rings is 1. The summed E-state index contributed by atoms with van der Waals surface area (Å²) in [6, 6.07) is 7.70. The highest BCUT2D eigenvalue weighted by atomic mass is 16.5. The van der Waals surface area contributed by atoms with Crippen molar-refractivity contribution >= 4 is 11.9 Å². The number of aryl methyl sites for hydroxylation is 1. The van der Waals surface area contributed by atoms with Crippen molar-refractivity contribution in [3.63, 3.8) is 0 Å². The minimum Gasteiger partial charge on any atom is -0.494 e. The normalized spacial score (nSPS) is 14.1. The van der Waals surface area contributed by atoms with Gasteiger partial charge in [-0.25, -0.2) is 0 Å². The van der Waals surface area contributed by atoms with Gasteiger partial charge in [-0.2, -0.15) is 0 Å². The summed E-state index contributed by atoms with van der Waals surface area (Å²) in [6.07, 6.45) is 7.28. The van der Waals surface area contributed by atoms with Crippen LogP contribution in [0.4, 0.5) is 0 Å². The Labute approximate surface area is 175 Å². The molecule has 1 aromatic carbocycles. The van der Waals surface area contributed by atoms with E-state index in [1.54, 1.807) is 13.8 Å². The molecule has 29 heavy (non-hydrogen) atoms. The first-order valence-corrected chi connectivity index (χ1v) is 11.1. The second-order valence-corrected chi connectivity index (χ2v) is 7.77. The van der Waals surface area contributed by atoms with Crippen LogP contribution in [0.3, 0.4) is 0 Å². The van der Waals surface area contributed by atoms with E-state index in [0.717, 1.165) is 17.7 Å². The molecular formula is C24H38O5. The summed E-state index contributed by atoms with van der Waals surface area (Å²) in [5.74, 6) is -0.929. The van der Waals surface area contributed by atoms with Crippen molar-refractivity contribution in [3.8, 4) is 5.75 Å². The van der Waals surface area contributed by atoms with E-state index in [4.69, 9.17) is 9.47 Å². The molecule has 2 atom stereocenters. The zero-order valence-corrected chi connectivity index (χ0v) is 18.5. The van der Waals surface area contributed by atoms with Gasteiger partial charge in [0.15, 0.2) is 5.41 Å². The number of aliphatic carboxylic acids is 1. The topological polar surface area (TPSA) is 72.8 Å². The summed E-state index contributed by atoms with van der Waals surface area (Å²) in [4.78, 5) is 24.5. The van der Waals surface area contributed by atoms with E-state index in [0.29, 0.717) is 19.4 Å². The number of carboxylic acids is 1. The third-order valence-electron chi connectivity index (χ3n) is 5.57. The maximum atomic E-state index is 12.6. The van der Waals surface area contributed by atoms with Gasteiger partial charge in [0, 0.05) is 0 Å². The molecule has 0 aliphatic heterocycles. The lowest BCUT2D eigenvalue weighted by Gasteiger charge is -2.27. The molecule has 5 heteroatoms. The molecular weight excluding hydrogens is 368 g/mol. The van der Waals surface area contributed by atoms with Crippen molar-refractivity contribution in [2.75, 3.05) is 6.61 Å². The number of carbonyl (C=O) groups excluding carboxylic acids is 1. The van der Waals surface area contributed by atoms with E-state index in [9.17, 15) is 14.7 Å². The molecule has 0 aliphatic rings. The molecule has 0 amide bonds. The van der Waals surface area contributed by atoms with E-state index in [-0.39, 0.29) is 18.9 Å². The number of ether oxygens (including phenoxy) is 2. The molecule has 164 valence electrons. The third kappa shape index (κ3) is 8.08. The highest BCUT2D eigenvalue weighted by Crippen LogP contribution is 2.32. The second kappa shape index (κ2) is 13.2. The molecule has 1 N–H and O–H groups in total. The molecule has 0 saturated carbocycles. The number of carbonyl (C=O) groups is 2. The fourth-order valence-electron chi connectivity index (χ4n) is 3.15. The molecule has 0 aromatic heterocycles. The zero-order valence-electron chi connectivity index (χ0n) is 18.5. The summed E-state index contributed by atoms with van der Waals surface area (Å²) in [7, 11) is 0. The van der Waals surface area contributed by atoms with Crippen molar-refractivity contribution in [2.24, 2.45) is 5.41 Å². The number of hydrogen-bond donors (Lipinski definition) is 1. The molecule has 2 unspecified atom stereocenters. The van der Waals surface area contributed by atoms with Crippen molar-refractivity contribution in [1.29, 1.82) is 0 Å². The molecule has 0 spiro atoms. The van der Waals surface area contributed by atoms with Gasteiger partial charge in [0.25, 0.3) is 0 Å². The Hall–Kier alpha value is -2.04. The minimum absolute atomic E-state index is 0.205. The Balaban J connectivity index is 2.61. The lowest BCUT2D eigenvalue weighted by atomic mass is 9.79. The van der Waals surface area contributed by atoms with Crippen LogP contribution in [-0.4, -0.2) is 29.8 Å². The largest absolute Gasteiger partial charge is 0.494 e. The first-order valence-electron chi connectivity index (χ1n) is 11.1. The summed E-state index contributed by atoms with van der Waals surface area (Å²) in [6.45, 7) is 8.32. The van der Waals surface area contributed by atoms with Gasteiger partial charge >= 0.3 is 11.9 Å². The molecule has 1 aromatic rings. The molecule has 0 aliphatic carbocycles. The van der Waals surface area contributed by atoms with Crippen LogP contribution in [0.15, 0.2) is 24.3 Å². The van der Waals surface area contributed by atoms with Gasteiger partial charge in [0.1, 0.15) is 5.75 Å². The van der Waals surface area contributed by atoms with Crippen molar-refractivity contribution in [2.45, 2.75) is 91.6 Å². The van der Waals surface area contributed by atoms with Gasteiger partial charge < -0.3 is 14.6 Å². The Kier molecular flexibility index (Phi) is 11.4. The Bertz CT molecular complexity index is 610. The molecule has 0 saturated heterocycles. The zero-order chi connectivity index (χ0) is 21.7. The quantitative estimate of drug-likeness (QED) is 0.227. The molecule has 0 bridgehead atoms. The van der Waals surface area contributed by atoms with E-state index >= 15 is 0 Å². The number of unbranched alkanes of at least 4 members (excludes halogenated alkanes) is 4. The fourth-order valence-corrected chi connectivity index (χ4v) is 3.15. The second-order valence-electron chi connectivity index (χ2n) is 7.77. The molecule has 1 rings (SSSR count). The molecule has 0 fully saturated rings. The van der Waals surface area contributed by atoms with Crippen LogP contribution >= 0.6 is 0 Å². The van der Waals surface area contributed by atoms with Gasteiger partial charge in [-0.15, -0.1) is 0 Å². The van der Waals surface area contributed by atoms with Gasteiger partial charge in [0.05, 0.1) is 12.7 Å². The first-order chi connectivity index (χ1) is 13.9. The van der Waals surface area contributed by atoms with Crippen LogP contribution in [0, 0.1) is 5.41 Å². The Morgan fingerprint density at radius 2 is 1.69 bits per heavy atom. The van der Waals surface area contributed by atoms with Crippen molar-refractivity contribution < 1.29 is 24.2 Å².